The normalized spacial score (nSPS) is 38.5. The molecule has 0 radical (unpaired) electrons. The third kappa shape index (κ3) is 2.79. The highest BCUT2D eigenvalue weighted by atomic mass is 32.2. The zero-order chi connectivity index (χ0) is 15.5. The Kier molecular flexibility index (Phi) is 3.33. The minimum Gasteiger partial charge on any atom is -0.743 e. The lowest BCUT2D eigenvalue weighted by Gasteiger charge is -2.55. The number of hydrogen-bond acceptors (Lipinski definition) is 5. The zero-order valence-electron chi connectivity index (χ0n) is 11.4. The van der Waals surface area contributed by atoms with Gasteiger partial charge < -0.3 is 9.29 Å². The molecule has 5 nitrogen and oxygen atoms in total. The van der Waals surface area contributed by atoms with Gasteiger partial charge in [-0.1, -0.05) is 0 Å². The van der Waals surface area contributed by atoms with Crippen molar-refractivity contribution in [1.82, 2.24) is 0 Å². The minimum atomic E-state index is -5.85. The van der Waals surface area contributed by atoms with Crippen LogP contribution >= 0.6 is 0 Å². The molecule has 4 rings (SSSR count). The van der Waals surface area contributed by atoms with Gasteiger partial charge in [0.1, 0.15) is 12.0 Å². The van der Waals surface area contributed by atoms with Gasteiger partial charge in [-0.05, 0) is 56.3 Å². The van der Waals surface area contributed by atoms with Gasteiger partial charge in [0.25, 0.3) is 0 Å². The molecule has 0 saturated heterocycles. The Labute approximate surface area is 121 Å². The van der Waals surface area contributed by atoms with Crippen LogP contribution in [0, 0.1) is 17.8 Å². The fourth-order valence-corrected chi connectivity index (χ4v) is 4.98. The van der Waals surface area contributed by atoms with E-state index in [1.807, 2.05) is 0 Å². The Bertz CT molecular complexity index is 522. The van der Waals surface area contributed by atoms with Crippen LogP contribution in [0.2, 0.25) is 0 Å². The summed E-state index contributed by atoms with van der Waals surface area (Å²) in [5, 5.41) is -4.60. The second kappa shape index (κ2) is 4.62. The molecule has 21 heavy (non-hydrogen) atoms. The van der Waals surface area contributed by atoms with Crippen LogP contribution < -0.4 is 0 Å². The van der Waals surface area contributed by atoms with Crippen molar-refractivity contribution >= 4 is 16.1 Å². The Morgan fingerprint density at radius 2 is 1.57 bits per heavy atom. The van der Waals surface area contributed by atoms with Crippen molar-refractivity contribution < 1.29 is 31.3 Å². The van der Waals surface area contributed by atoms with Crippen LogP contribution in [0.3, 0.4) is 0 Å². The number of esters is 1. The van der Waals surface area contributed by atoms with Crippen LogP contribution in [0.15, 0.2) is 0 Å². The fraction of sp³-hybridized carbons (Fsp3) is 0.923. The predicted octanol–water partition coefficient (Wildman–Crippen LogP) is 2.03. The summed E-state index contributed by atoms with van der Waals surface area (Å²) in [6, 6.07) is 0. The number of rotatable bonds is 4. The topological polar surface area (TPSA) is 83.5 Å². The molecule has 120 valence electrons. The minimum absolute atomic E-state index is 0.466. The van der Waals surface area contributed by atoms with Crippen molar-refractivity contribution in [3.8, 4) is 0 Å². The van der Waals surface area contributed by atoms with Gasteiger partial charge in [0.05, 0.1) is 0 Å². The van der Waals surface area contributed by atoms with E-state index in [1.165, 1.54) is 0 Å². The largest absolute Gasteiger partial charge is 0.743 e. The molecule has 4 aliphatic rings. The molecular weight excluding hydrogens is 306 g/mol. The standard InChI is InChI=1S/C13H18F2O5S/c14-13(15,21(17,18)19)7-11(16)20-12-4-8-1-9(5-12)3-10(2-8)6-12/h8-10H,1-7H2,(H,17,18,19)/p-1. The molecule has 8 heteroatoms. The molecule has 0 N–H and O–H groups in total. The smallest absolute Gasteiger partial charge is 0.344 e. The summed E-state index contributed by atoms with van der Waals surface area (Å²) in [6.45, 7) is 0. The maximum atomic E-state index is 13.1. The first-order valence-corrected chi connectivity index (χ1v) is 8.54. The van der Waals surface area contributed by atoms with E-state index in [1.54, 1.807) is 0 Å². The summed E-state index contributed by atoms with van der Waals surface area (Å²) >= 11 is 0. The average Bonchev–Trinajstić information content (AvgIpc) is 2.22. The number of carbonyl (C=O) groups excluding carboxylic acids is 1. The second-order valence-electron chi connectivity index (χ2n) is 6.84. The second-order valence-corrected chi connectivity index (χ2v) is 8.35. The molecule has 0 amide bonds. The number of carbonyl (C=O) groups is 1. The highest BCUT2D eigenvalue weighted by Crippen LogP contribution is 2.57. The Morgan fingerprint density at radius 3 is 1.95 bits per heavy atom. The summed E-state index contributed by atoms with van der Waals surface area (Å²) < 4.78 is 62.9. The first-order valence-electron chi connectivity index (χ1n) is 7.14. The van der Waals surface area contributed by atoms with E-state index in [0.29, 0.717) is 37.0 Å². The SMILES string of the molecule is O=C(CC(F)(F)S(=O)(=O)[O-])OC12CC3CC(CC(C3)C1)C2. The van der Waals surface area contributed by atoms with Crippen LogP contribution in [0.5, 0.6) is 0 Å². The molecule has 0 aliphatic heterocycles. The first kappa shape index (κ1) is 15.1. The molecule has 0 aromatic heterocycles. The van der Waals surface area contributed by atoms with Crippen LogP contribution in [-0.2, 0) is 19.6 Å². The lowest BCUT2D eigenvalue weighted by atomic mass is 9.54. The highest BCUT2D eigenvalue weighted by Gasteiger charge is 2.54. The zero-order valence-corrected chi connectivity index (χ0v) is 12.2. The Morgan fingerprint density at radius 1 is 1.14 bits per heavy atom. The lowest BCUT2D eigenvalue weighted by molar-refractivity contribution is -0.189. The van der Waals surface area contributed by atoms with Gasteiger partial charge in [0, 0.05) is 0 Å². The van der Waals surface area contributed by atoms with Gasteiger partial charge in [-0.25, -0.2) is 8.42 Å². The number of ether oxygens (including phenoxy) is 1. The molecule has 0 heterocycles. The molecular formula is C13H17F2O5S-. The number of halogens is 2. The van der Waals surface area contributed by atoms with E-state index in [2.05, 4.69) is 0 Å². The molecule has 0 spiro atoms. The van der Waals surface area contributed by atoms with Crippen LogP contribution in [-0.4, -0.2) is 29.8 Å². The summed E-state index contributed by atoms with van der Waals surface area (Å²) in [4.78, 5) is 11.7. The maximum Gasteiger partial charge on any atom is 0.344 e. The first-order chi connectivity index (χ1) is 9.59. The van der Waals surface area contributed by atoms with Gasteiger partial charge >= 0.3 is 11.2 Å². The molecule has 0 atom stereocenters. The molecule has 0 aromatic carbocycles. The molecule has 4 aliphatic carbocycles. The summed E-state index contributed by atoms with van der Waals surface area (Å²) in [7, 11) is -5.85. The average molecular weight is 323 g/mol. The lowest BCUT2D eigenvalue weighted by Crippen LogP contribution is -2.53. The molecule has 4 bridgehead atoms. The van der Waals surface area contributed by atoms with Crippen LogP contribution in [0.25, 0.3) is 0 Å². The fourth-order valence-electron chi connectivity index (χ4n) is 4.69. The van der Waals surface area contributed by atoms with E-state index in [4.69, 9.17) is 4.74 Å². The van der Waals surface area contributed by atoms with Crippen molar-refractivity contribution in [2.45, 2.75) is 55.8 Å². The third-order valence-corrected chi connectivity index (χ3v) is 5.90. The van der Waals surface area contributed by atoms with Gasteiger partial charge in [-0.2, -0.15) is 8.78 Å². The maximum absolute atomic E-state index is 13.1. The van der Waals surface area contributed by atoms with Crippen molar-refractivity contribution in [2.24, 2.45) is 17.8 Å². The summed E-state index contributed by atoms with van der Waals surface area (Å²) in [5.74, 6) is 0.106. The van der Waals surface area contributed by atoms with Crippen molar-refractivity contribution in [1.29, 1.82) is 0 Å². The molecule has 4 saturated carbocycles. The van der Waals surface area contributed by atoms with Gasteiger partial charge in [-0.15, -0.1) is 0 Å². The van der Waals surface area contributed by atoms with Crippen molar-refractivity contribution in [3.05, 3.63) is 0 Å². The highest BCUT2D eigenvalue weighted by molar-refractivity contribution is 7.86. The van der Waals surface area contributed by atoms with E-state index < -0.39 is 33.4 Å². The van der Waals surface area contributed by atoms with Crippen molar-refractivity contribution in [3.63, 3.8) is 0 Å². The Balaban J connectivity index is 1.68. The van der Waals surface area contributed by atoms with Gasteiger partial charge in [0.2, 0.25) is 0 Å². The third-order valence-electron chi connectivity index (χ3n) is 5.03. The molecule has 0 unspecified atom stereocenters. The van der Waals surface area contributed by atoms with Crippen LogP contribution in [0.1, 0.15) is 44.9 Å². The molecule has 4 fully saturated rings. The summed E-state index contributed by atoms with van der Waals surface area (Å²) in [6.07, 6.45) is 3.60. The number of hydrogen-bond donors (Lipinski definition) is 0. The van der Waals surface area contributed by atoms with E-state index in [0.717, 1.165) is 19.3 Å². The van der Waals surface area contributed by atoms with Gasteiger partial charge in [0.15, 0.2) is 10.1 Å². The Hall–Kier alpha value is -0.760. The van der Waals surface area contributed by atoms with E-state index >= 15 is 0 Å². The monoisotopic (exact) mass is 323 g/mol. The van der Waals surface area contributed by atoms with Crippen LogP contribution in [0.4, 0.5) is 8.78 Å². The van der Waals surface area contributed by atoms with E-state index in [-0.39, 0.29) is 0 Å². The summed E-state index contributed by atoms with van der Waals surface area (Å²) in [5.41, 5.74) is -0.714. The van der Waals surface area contributed by atoms with Crippen molar-refractivity contribution in [2.75, 3.05) is 0 Å². The van der Waals surface area contributed by atoms with Gasteiger partial charge in [-0.3, -0.25) is 4.79 Å². The quantitative estimate of drug-likeness (QED) is 0.584. The van der Waals surface area contributed by atoms with E-state index in [9.17, 15) is 26.5 Å². The number of alkyl halides is 2. The molecule has 0 aromatic rings. The predicted molar refractivity (Wildman–Crippen MR) is 66.3 cm³/mol.